The second-order valence-electron chi connectivity index (χ2n) is 6.87. The van der Waals surface area contributed by atoms with Crippen molar-refractivity contribution in [3.05, 3.63) is 69.7 Å². The number of rotatable bonds is 11. The molecule has 0 bridgehead atoms. The molecule has 30 heavy (non-hydrogen) atoms. The van der Waals surface area contributed by atoms with Gasteiger partial charge in [-0.05, 0) is 43.0 Å². The highest BCUT2D eigenvalue weighted by molar-refractivity contribution is 7.99. The summed E-state index contributed by atoms with van der Waals surface area (Å²) in [5, 5.41) is 4.04. The van der Waals surface area contributed by atoms with Gasteiger partial charge in [-0.1, -0.05) is 66.5 Å². The van der Waals surface area contributed by atoms with Crippen molar-refractivity contribution in [1.82, 2.24) is 10.2 Å². The fourth-order valence-corrected chi connectivity index (χ4v) is 4.63. The summed E-state index contributed by atoms with van der Waals surface area (Å²) in [7, 11) is 0. The van der Waals surface area contributed by atoms with Crippen LogP contribution in [-0.2, 0) is 21.8 Å². The number of hydrogen-bond acceptors (Lipinski definition) is 3. The average molecular weight is 467 g/mol. The smallest absolute Gasteiger partial charge is 0.242 e. The SMILES string of the molecule is CCNC(=O)[C@@H](CC)N(CCc1ccccc1)C(=O)CSCc1ccc(Cl)cc1Cl. The Labute approximate surface area is 193 Å². The first-order chi connectivity index (χ1) is 14.5. The van der Waals surface area contributed by atoms with Crippen LogP contribution in [0.4, 0.5) is 0 Å². The molecule has 0 radical (unpaired) electrons. The third-order valence-corrected chi connectivity index (χ3v) is 6.27. The number of benzene rings is 2. The standard InChI is InChI=1S/C23H28Cl2N2O2S/c1-3-21(23(29)26-4-2)27(13-12-17-8-6-5-7-9-17)22(28)16-30-15-18-10-11-19(24)14-20(18)25/h5-11,14,21H,3-4,12-13,15-16H2,1-2H3,(H,26,29)/t21-/m1/s1. The molecule has 0 fully saturated rings. The van der Waals surface area contributed by atoms with Gasteiger partial charge in [-0.15, -0.1) is 11.8 Å². The second-order valence-corrected chi connectivity index (χ2v) is 8.70. The zero-order valence-electron chi connectivity index (χ0n) is 17.4. The Hall–Kier alpha value is -1.69. The fraction of sp³-hybridized carbons (Fsp3) is 0.391. The highest BCUT2D eigenvalue weighted by Gasteiger charge is 2.27. The van der Waals surface area contributed by atoms with Crippen molar-refractivity contribution in [3.63, 3.8) is 0 Å². The van der Waals surface area contributed by atoms with Crippen LogP contribution < -0.4 is 5.32 Å². The van der Waals surface area contributed by atoms with E-state index in [-0.39, 0.29) is 17.6 Å². The summed E-state index contributed by atoms with van der Waals surface area (Å²) in [6, 6.07) is 14.9. The Morgan fingerprint density at radius 3 is 2.47 bits per heavy atom. The monoisotopic (exact) mass is 466 g/mol. The van der Waals surface area contributed by atoms with Crippen LogP contribution in [0.25, 0.3) is 0 Å². The number of thioether (sulfide) groups is 1. The van der Waals surface area contributed by atoms with Crippen molar-refractivity contribution in [1.29, 1.82) is 0 Å². The number of nitrogens with one attached hydrogen (secondary N) is 1. The normalized spacial score (nSPS) is 11.7. The van der Waals surface area contributed by atoms with E-state index >= 15 is 0 Å². The van der Waals surface area contributed by atoms with Crippen molar-refractivity contribution in [2.75, 3.05) is 18.8 Å². The van der Waals surface area contributed by atoms with Gasteiger partial charge in [0, 0.05) is 28.9 Å². The highest BCUT2D eigenvalue weighted by Crippen LogP contribution is 2.25. The first-order valence-corrected chi connectivity index (χ1v) is 12.0. The Balaban J connectivity index is 2.05. The quantitative estimate of drug-likeness (QED) is 0.494. The van der Waals surface area contributed by atoms with Crippen LogP contribution in [0, 0.1) is 0 Å². The first-order valence-electron chi connectivity index (χ1n) is 10.1. The summed E-state index contributed by atoms with van der Waals surface area (Å²) in [6.07, 6.45) is 1.27. The van der Waals surface area contributed by atoms with E-state index in [1.165, 1.54) is 11.8 Å². The zero-order valence-corrected chi connectivity index (χ0v) is 19.7. The van der Waals surface area contributed by atoms with Crippen LogP contribution in [0.15, 0.2) is 48.5 Å². The van der Waals surface area contributed by atoms with Gasteiger partial charge in [0.15, 0.2) is 0 Å². The van der Waals surface area contributed by atoms with Gasteiger partial charge in [-0.25, -0.2) is 0 Å². The summed E-state index contributed by atoms with van der Waals surface area (Å²) in [4.78, 5) is 27.4. The van der Waals surface area contributed by atoms with Crippen LogP contribution in [0.1, 0.15) is 31.4 Å². The summed E-state index contributed by atoms with van der Waals surface area (Å²) in [6.45, 7) is 4.86. The van der Waals surface area contributed by atoms with Crippen LogP contribution in [0.3, 0.4) is 0 Å². The second kappa shape index (κ2) is 12.9. The van der Waals surface area contributed by atoms with E-state index in [9.17, 15) is 9.59 Å². The van der Waals surface area contributed by atoms with E-state index < -0.39 is 6.04 Å². The van der Waals surface area contributed by atoms with Crippen LogP contribution in [0.2, 0.25) is 10.0 Å². The molecule has 2 rings (SSSR count). The van der Waals surface area contributed by atoms with Crippen LogP contribution in [0.5, 0.6) is 0 Å². The zero-order chi connectivity index (χ0) is 21.9. The summed E-state index contributed by atoms with van der Waals surface area (Å²) < 4.78 is 0. The van der Waals surface area contributed by atoms with Crippen molar-refractivity contribution < 1.29 is 9.59 Å². The molecule has 0 aliphatic carbocycles. The molecule has 7 heteroatoms. The minimum absolute atomic E-state index is 0.0425. The van der Waals surface area contributed by atoms with E-state index in [0.29, 0.717) is 41.7 Å². The number of carbonyl (C=O) groups excluding carboxylic acids is 2. The Bertz CT molecular complexity index is 833. The molecule has 1 atom stereocenters. The van der Waals surface area contributed by atoms with Gasteiger partial charge >= 0.3 is 0 Å². The molecule has 0 saturated carbocycles. The molecule has 0 unspecified atom stereocenters. The molecular weight excluding hydrogens is 439 g/mol. The van der Waals surface area contributed by atoms with Crippen LogP contribution >= 0.6 is 35.0 Å². The lowest BCUT2D eigenvalue weighted by Gasteiger charge is -2.30. The van der Waals surface area contributed by atoms with Crippen molar-refractivity contribution in [2.24, 2.45) is 0 Å². The van der Waals surface area contributed by atoms with Gasteiger partial charge in [0.2, 0.25) is 11.8 Å². The molecular formula is C23H28Cl2N2O2S. The third kappa shape index (κ3) is 7.53. The van der Waals surface area contributed by atoms with E-state index in [0.717, 1.165) is 11.1 Å². The maximum absolute atomic E-state index is 13.1. The lowest BCUT2D eigenvalue weighted by atomic mass is 10.1. The van der Waals surface area contributed by atoms with E-state index in [1.54, 1.807) is 17.0 Å². The average Bonchev–Trinajstić information content (AvgIpc) is 2.73. The van der Waals surface area contributed by atoms with Crippen LogP contribution in [-0.4, -0.2) is 41.6 Å². The molecule has 0 heterocycles. The predicted octanol–water partition coefficient (Wildman–Crippen LogP) is 5.21. The number of amides is 2. The molecule has 0 saturated heterocycles. The molecule has 0 aliphatic heterocycles. The van der Waals surface area contributed by atoms with Gasteiger partial charge in [0.05, 0.1) is 5.75 Å². The molecule has 4 nitrogen and oxygen atoms in total. The Morgan fingerprint density at radius 2 is 1.83 bits per heavy atom. The van der Waals surface area contributed by atoms with Gasteiger partial charge in [0.25, 0.3) is 0 Å². The number of likely N-dealkylation sites (N-methyl/N-ethyl adjacent to an activating group) is 1. The first kappa shape index (κ1) is 24.6. The summed E-state index contributed by atoms with van der Waals surface area (Å²) >= 11 is 13.7. The van der Waals surface area contributed by atoms with Gasteiger partial charge in [0.1, 0.15) is 6.04 Å². The summed E-state index contributed by atoms with van der Waals surface area (Å²) in [5.41, 5.74) is 2.08. The molecule has 2 aromatic carbocycles. The molecule has 2 aromatic rings. The minimum Gasteiger partial charge on any atom is -0.355 e. The minimum atomic E-state index is -0.471. The molecule has 1 N–H and O–H groups in total. The number of halogens is 2. The number of hydrogen-bond donors (Lipinski definition) is 1. The maximum Gasteiger partial charge on any atom is 0.242 e. The van der Waals surface area contributed by atoms with E-state index in [4.69, 9.17) is 23.2 Å². The number of nitrogens with zero attached hydrogens (tertiary/aromatic N) is 1. The molecule has 0 spiro atoms. The van der Waals surface area contributed by atoms with E-state index in [2.05, 4.69) is 5.32 Å². The molecule has 2 amide bonds. The summed E-state index contributed by atoms with van der Waals surface area (Å²) in [5.74, 6) is 0.738. The van der Waals surface area contributed by atoms with Crippen molar-refractivity contribution in [3.8, 4) is 0 Å². The lowest BCUT2D eigenvalue weighted by molar-refractivity contribution is -0.138. The molecule has 0 aromatic heterocycles. The molecule has 0 aliphatic rings. The topological polar surface area (TPSA) is 49.4 Å². The fourth-order valence-electron chi connectivity index (χ4n) is 3.16. The maximum atomic E-state index is 13.1. The largest absolute Gasteiger partial charge is 0.355 e. The molecule has 162 valence electrons. The lowest BCUT2D eigenvalue weighted by Crippen LogP contribution is -2.50. The van der Waals surface area contributed by atoms with Crippen molar-refractivity contribution >= 4 is 46.8 Å². The van der Waals surface area contributed by atoms with Gasteiger partial charge in [-0.2, -0.15) is 0 Å². The number of carbonyl (C=O) groups is 2. The Morgan fingerprint density at radius 1 is 1.10 bits per heavy atom. The van der Waals surface area contributed by atoms with E-state index in [1.807, 2.05) is 50.2 Å². The van der Waals surface area contributed by atoms with Crippen molar-refractivity contribution in [2.45, 2.75) is 38.5 Å². The van der Waals surface area contributed by atoms with Gasteiger partial charge in [-0.3, -0.25) is 9.59 Å². The predicted molar refractivity (Wildman–Crippen MR) is 127 cm³/mol. The highest BCUT2D eigenvalue weighted by atomic mass is 35.5. The van der Waals surface area contributed by atoms with Gasteiger partial charge < -0.3 is 10.2 Å². The third-order valence-electron chi connectivity index (χ3n) is 4.72. The Kier molecular flexibility index (Phi) is 10.6.